The number of halogens is 1. The van der Waals surface area contributed by atoms with Gasteiger partial charge in [-0.3, -0.25) is 0 Å². The van der Waals surface area contributed by atoms with E-state index in [0.29, 0.717) is 10.8 Å². The third kappa shape index (κ3) is 3.58. The lowest BCUT2D eigenvalue weighted by atomic mass is 10.1. The Morgan fingerprint density at radius 2 is 1.83 bits per heavy atom. The molecule has 1 aromatic carbocycles. The number of aromatic nitrogens is 2. The van der Waals surface area contributed by atoms with Crippen LogP contribution < -0.4 is 0 Å². The average molecular weight is 257 g/mol. The van der Waals surface area contributed by atoms with Crippen LogP contribution in [0.1, 0.15) is 30.2 Å². The van der Waals surface area contributed by atoms with Gasteiger partial charge >= 0.3 is 0 Å². The first kappa shape index (κ1) is 12.6. The molecule has 0 atom stereocenters. The van der Waals surface area contributed by atoms with E-state index in [1.165, 1.54) is 11.8 Å². The van der Waals surface area contributed by atoms with Crippen molar-refractivity contribution in [1.29, 1.82) is 0 Å². The van der Waals surface area contributed by atoms with Crippen molar-refractivity contribution in [1.82, 2.24) is 9.97 Å². The number of hydrogen-bond acceptors (Lipinski definition) is 2. The number of hydrogen-bond donors (Lipinski definition) is 0. The summed E-state index contributed by atoms with van der Waals surface area (Å²) in [5.41, 5.74) is 2.94. The zero-order valence-electron chi connectivity index (χ0n) is 10.2. The first-order valence-corrected chi connectivity index (χ1v) is 6.24. The van der Waals surface area contributed by atoms with Crippen molar-refractivity contribution >= 4 is 11.6 Å². The Bertz CT molecular complexity index is 562. The van der Waals surface area contributed by atoms with Gasteiger partial charge in [0.05, 0.1) is 12.4 Å². The Hall–Kier alpha value is -1.85. The fourth-order valence-electron chi connectivity index (χ4n) is 1.56. The maximum Gasteiger partial charge on any atom is 0.147 e. The third-order valence-corrected chi connectivity index (χ3v) is 2.64. The van der Waals surface area contributed by atoms with E-state index in [1.807, 2.05) is 12.1 Å². The van der Waals surface area contributed by atoms with Gasteiger partial charge in [-0.2, -0.15) is 0 Å². The van der Waals surface area contributed by atoms with Crippen molar-refractivity contribution in [3.63, 3.8) is 0 Å². The normalized spacial score (nSPS) is 9.67. The van der Waals surface area contributed by atoms with Crippen molar-refractivity contribution in [3.8, 4) is 11.8 Å². The van der Waals surface area contributed by atoms with E-state index >= 15 is 0 Å². The molecule has 0 radical (unpaired) electrons. The molecule has 3 heteroatoms. The zero-order chi connectivity index (χ0) is 12.8. The Balaban J connectivity index is 2.12. The Kier molecular flexibility index (Phi) is 4.33. The molecular formula is C15H13ClN2. The van der Waals surface area contributed by atoms with Crippen LogP contribution in [-0.2, 0) is 6.42 Å². The molecule has 0 saturated carbocycles. The summed E-state index contributed by atoms with van der Waals surface area (Å²) in [5, 5.41) is 0.379. The average Bonchev–Trinajstić information content (AvgIpc) is 2.40. The number of aryl methyl sites for hydroxylation is 1. The summed E-state index contributed by atoms with van der Waals surface area (Å²) >= 11 is 5.65. The third-order valence-electron chi connectivity index (χ3n) is 2.45. The van der Waals surface area contributed by atoms with Gasteiger partial charge in [-0.05, 0) is 30.0 Å². The van der Waals surface area contributed by atoms with Crippen LogP contribution in [-0.4, -0.2) is 9.97 Å². The van der Waals surface area contributed by atoms with Crippen LogP contribution in [0.5, 0.6) is 0 Å². The van der Waals surface area contributed by atoms with Crippen LogP contribution in [0.2, 0.25) is 5.15 Å². The summed E-state index contributed by atoms with van der Waals surface area (Å²) in [4.78, 5) is 8.00. The molecule has 0 aliphatic heterocycles. The minimum Gasteiger partial charge on any atom is -0.243 e. The molecular weight excluding hydrogens is 244 g/mol. The standard InChI is InChI=1S/C15H13ClN2/c1-2-3-12-4-6-13(7-5-12)8-9-14-10-18-15(16)11-17-14/h4-7,10-11H,2-3H2,1H3. The summed E-state index contributed by atoms with van der Waals surface area (Å²) in [5.74, 6) is 6.01. The highest BCUT2D eigenvalue weighted by Crippen LogP contribution is 2.06. The van der Waals surface area contributed by atoms with Crippen molar-refractivity contribution in [2.45, 2.75) is 19.8 Å². The summed E-state index contributed by atoms with van der Waals surface area (Å²) in [6, 6.07) is 8.28. The van der Waals surface area contributed by atoms with Crippen molar-refractivity contribution in [3.05, 3.63) is 58.6 Å². The first-order chi connectivity index (χ1) is 8.78. The highest BCUT2D eigenvalue weighted by atomic mass is 35.5. The number of nitrogens with zero attached hydrogens (tertiary/aromatic N) is 2. The van der Waals surface area contributed by atoms with Gasteiger partial charge in [0.2, 0.25) is 0 Å². The Morgan fingerprint density at radius 1 is 1.06 bits per heavy atom. The summed E-state index contributed by atoms with van der Waals surface area (Å²) in [6.07, 6.45) is 5.33. The number of rotatable bonds is 2. The lowest BCUT2D eigenvalue weighted by Crippen LogP contribution is -1.85. The molecule has 0 spiro atoms. The van der Waals surface area contributed by atoms with Crippen molar-refractivity contribution in [2.75, 3.05) is 0 Å². The van der Waals surface area contributed by atoms with Crippen LogP contribution in [0.3, 0.4) is 0 Å². The van der Waals surface area contributed by atoms with E-state index < -0.39 is 0 Å². The highest BCUT2D eigenvalue weighted by Gasteiger charge is 1.92. The molecule has 0 unspecified atom stereocenters. The lowest BCUT2D eigenvalue weighted by Gasteiger charge is -1.97. The molecule has 0 bridgehead atoms. The minimum atomic E-state index is 0.379. The zero-order valence-corrected chi connectivity index (χ0v) is 10.9. The van der Waals surface area contributed by atoms with E-state index in [4.69, 9.17) is 11.6 Å². The molecule has 0 amide bonds. The molecule has 0 aliphatic rings. The van der Waals surface area contributed by atoms with Crippen LogP contribution in [0, 0.1) is 11.8 Å². The Labute approximate surface area is 112 Å². The minimum absolute atomic E-state index is 0.379. The summed E-state index contributed by atoms with van der Waals surface area (Å²) in [6.45, 7) is 2.17. The second kappa shape index (κ2) is 6.18. The van der Waals surface area contributed by atoms with Gasteiger partial charge in [-0.15, -0.1) is 0 Å². The molecule has 1 heterocycles. The molecule has 18 heavy (non-hydrogen) atoms. The lowest BCUT2D eigenvalue weighted by molar-refractivity contribution is 0.922. The maximum absolute atomic E-state index is 5.65. The predicted octanol–water partition coefficient (Wildman–Crippen LogP) is 3.48. The van der Waals surface area contributed by atoms with Crippen molar-refractivity contribution < 1.29 is 0 Å². The second-order valence-electron chi connectivity index (χ2n) is 3.92. The van der Waals surface area contributed by atoms with E-state index in [9.17, 15) is 0 Å². The fraction of sp³-hybridized carbons (Fsp3) is 0.200. The maximum atomic E-state index is 5.65. The molecule has 90 valence electrons. The van der Waals surface area contributed by atoms with Gasteiger partial charge in [0.15, 0.2) is 0 Å². The van der Waals surface area contributed by atoms with Gasteiger partial charge in [-0.1, -0.05) is 43.0 Å². The molecule has 2 rings (SSSR count). The Morgan fingerprint density at radius 3 is 2.44 bits per heavy atom. The second-order valence-corrected chi connectivity index (χ2v) is 4.31. The van der Waals surface area contributed by atoms with Crippen LogP contribution in [0.4, 0.5) is 0 Å². The molecule has 0 saturated heterocycles. The van der Waals surface area contributed by atoms with Gasteiger partial charge < -0.3 is 0 Å². The highest BCUT2D eigenvalue weighted by molar-refractivity contribution is 6.29. The van der Waals surface area contributed by atoms with E-state index in [-0.39, 0.29) is 0 Å². The van der Waals surface area contributed by atoms with Gasteiger partial charge in [0.1, 0.15) is 10.8 Å². The summed E-state index contributed by atoms with van der Waals surface area (Å²) < 4.78 is 0. The largest absolute Gasteiger partial charge is 0.243 e. The molecule has 0 aliphatic carbocycles. The van der Waals surface area contributed by atoms with Gasteiger partial charge in [0, 0.05) is 5.56 Å². The molecule has 0 fully saturated rings. The van der Waals surface area contributed by atoms with Crippen LogP contribution in [0.25, 0.3) is 0 Å². The van der Waals surface area contributed by atoms with Crippen LogP contribution in [0.15, 0.2) is 36.7 Å². The monoisotopic (exact) mass is 256 g/mol. The van der Waals surface area contributed by atoms with E-state index in [2.05, 4.69) is 40.9 Å². The van der Waals surface area contributed by atoms with E-state index in [0.717, 1.165) is 18.4 Å². The van der Waals surface area contributed by atoms with Crippen LogP contribution >= 0.6 is 11.6 Å². The van der Waals surface area contributed by atoms with E-state index in [1.54, 1.807) is 6.20 Å². The summed E-state index contributed by atoms with van der Waals surface area (Å²) in [7, 11) is 0. The fourth-order valence-corrected chi connectivity index (χ4v) is 1.65. The van der Waals surface area contributed by atoms with Crippen molar-refractivity contribution in [2.24, 2.45) is 0 Å². The molecule has 0 N–H and O–H groups in total. The topological polar surface area (TPSA) is 25.8 Å². The first-order valence-electron chi connectivity index (χ1n) is 5.86. The quantitative estimate of drug-likeness (QED) is 0.769. The number of benzene rings is 1. The van der Waals surface area contributed by atoms with Gasteiger partial charge in [-0.25, -0.2) is 9.97 Å². The predicted molar refractivity (Wildman–Crippen MR) is 73.5 cm³/mol. The molecule has 2 nitrogen and oxygen atoms in total. The SMILES string of the molecule is CCCc1ccc(C#Cc2cnc(Cl)cn2)cc1. The molecule has 1 aromatic heterocycles. The van der Waals surface area contributed by atoms with Gasteiger partial charge in [0.25, 0.3) is 0 Å². The smallest absolute Gasteiger partial charge is 0.147 e. The molecule has 2 aromatic rings.